The van der Waals surface area contributed by atoms with E-state index < -0.39 is 0 Å². The van der Waals surface area contributed by atoms with Gasteiger partial charge in [0.25, 0.3) is 5.91 Å². The Morgan fingerprint density at radius 1 is 1.09 bits per heavy atom. The maximum Gasteiger partial charge on any atom is 0.274 e. The molecule has 1 aromatic carbocycles. The molecule has 1 saturated carbocycles. The predicted molar refractivity (Wildman–Crippen MR) is 125 cm³/mol. The summed E-state index contributed by atoms with van der Waals surface area (Å²) in [5.74, 6) is 1.78. The van der Waals surface area contributed by atoms with Crippen LogP contribution in [-0.2, 0) is 5.54 Å². The van der Waals surface area contributed by atoms with Crippen molar-refractivity contribution < 1.29 is 9.32 Å². The first-order valence-electron chi connectivity index (χ1n) is 11.8. The highest BCUT2D eigenvalue weighted by Crippen LogP contribution is 2.41. The molecule has 0 radical (unpaired) electrons. The van der Waals surface area contributed by atoms with Crippen LogP contribution in [0.5, 0.6) is 0 Å². The van der Waals surface area contributed by atoms with Gasteiger partial charge in [0, 0.05) is 43.4 Å². The Labute approximate surface area is 194 Å². The zero-order valence-corrected chi connectivity index (χ0v) is 19.9. The molecular weight excluding hydrogens is 416 g/mol. The summed E-state index contributed by atoms with van der Waals surface area (Å²) in [7, 11) is 0. The van der Waals surface area contributed by atoms with E-state index in [-0.39, 0.29) is 17.5 Å². The van der Waals surface area contributed by atoms with Gasteiger partial charge in [-0.15, -0.1) is 0 Å². The van der Waals surface area contributed by atoms with Crippen molar-refractivity contribution in [3.8, 4) is 11.4 Å². The number of amides is 1. The van der Waals surface area contributed by atoms with Gasteiger partial charge in [0.2, 0.25) is 11.7 Å². The van der Waals surface area contributed by atoms with Crippen LogP contribution in [0.1, 0.15) is 74.6 Å². The van der Waals surface area contributed by atoms with Gasteiger partial charge in [-0.25, -0.2) is 0 Å². The number of nitrogens with zero attached hydrogens (tertiary/aromatic N) is 6. The third-order valence-electron chi connectivity index (χ3n) is 6.57. The number of benzene rings is 1. The normalized spacial score (nSPS) is 18.5. The first-order valence-corrected chi connectivity index (χ1v) is 11.8. The van der Waals surface area contributed by atoms with E-state index >= 15 is 0 Å². The van der Waals surface area contributed by atoms with Crippen LogP contribution in [0.4, 0.5) is 0 Å². The number of carbonyl (C=O) groups is 1. The molecular formula is C25H32N6O2. The summed E-state index contributed by atoms with van der Waals surface area (Å²) in [5, 5.41) is 8.88. The Hall–Kier alpha value is -3.00. The second-order valence-corrected chi connectivity index (χ2v) is 10.1. The van der Waals surface area contributed by atoms with Gasteiger partial charge in [-0.1, -0.05) is 35.5 Å². The molecule has 1 aliphatic heterocycles. The van der Waals surface area contributed by atoms with E-state index in [0.29, 0.717) is 36.4 Å². The van der Waals surface area contributed by atoms with Crippen molar-refractivity contribution in [2.75, 3.05) is 26.2 Å². The highest BCUT2D eigenvalue weighted by Gasteiger charge is 2.34. The third-order valence-corrected chi connectivity index (χ3v) is 6.57. The maximum atomic E-state index is 13.2. The molecule has 8 heteroatoms. The summed E-state index contributed by atoms with van der Waals surface area (Å²) in [4.78, 5) is 22.0. The van der Waals surface area contributed by atoms with Gasteiger partial charge in [-0.05, 0) is 46.6 Å². The Kier molecular flexibility index (Phi) is 5.56. The molecule has 2 aromatic heterocycles. The van der Waals surface area contributed by atoms with Gasteiger partial charge in [0.15, 0.2) is 5.69 Å². The van der Waals surface area contributed by atoms with E-state index in [1.165, 1.54) is 18.5 Å². The molecule has 174 valence electrons. The van der Waals surface area contributed by atoms with Crippen molar-refractivity contribution in [2.45, 2.75) is 58.0 Å². The van der Waals surface area contributed by atoms with Crippen molar-refractivity contribution >= 4 is 5.91 Å². The van der Waals surface area contributed by atoms with Gasteiger partial charge >= 0.3 is 0 Å². The average Bonchev–Trinajstić information content (AvgIpc) is 3.36. The predicted octanol–water partition coefficient (Wildman–Crippen LogP) is 4.08. The van der Waals surface area contributed by atoms with Crippen molar-refractivity contribution in [1.82, 2.24) is 29.7 Å². The molecule has 1 unspecified atom stereocenters. The SMILES string of the molecule is CC(c1nc(-c2ccccc2)no1)N1CCN(C(=O)c2cc(C3CC3)n(C(C)(C)C)n2)CC1. The second-order valence-electron chi connectivity index (χ2n) is 10.1. The van der Waals surface area contributed by atoms with Gasteiger partial charge in [-0.3, -0.25) is 14.4 Å². The van der Waals surface area contributed by atoms with Crippen LogP contribution >= 0.6 is 0 Å². The summed E-state index contributed by atoms with van der Waals surface area (Å²) in [6, 6.07) is 11.8. The largest absolute Gasteiger partial charge is 0.337 e. The number of piperazine rings is 1. The van der Waals surface area contributed by atoms with Crippen LogP contribution in [0.3, 0.4) is 0 Å². The summed E-state index contributed by atoms with van der Waals surface area (Å²) < 4.78 is 7.61. The Morgan fingerprint density at radius 3 is 2.42 bits per heavy atom. The fourth-order valence-electron chi connectivity index (χ4n) is 4.45. The van der Waals surface area contributed by atoms with Crippen LogP contribution < -0.4 is 0 Å². The van der Waals surface area contributed by atoms with Crippen molar-refractivity contribution in [2.24, 2.45) is 0 Å². The highest BCUT2D eigenvalue weighted by molar-refractivity contribution is 5.92. The van der Waals surface area contributed by atoms with E-state index in [2.05, 4.69) is 47.4 Å². The number of aromatic nitrogens is 4. The Balaban J connectivity index is 1.23. The molecule has 0 bridgehead atoms. The maximum absolute atomic E-state index is 13.2. The van der Waals surface area contributed by atoms with E-state index in [9.17, 15) is 4.79 Å². The lowest BCUT2D eigenvalue weighted by atomic mass is 10.1. The molecule has 1 saturated heterocycles. The Morgan fingerprint density at radius 2 is 1.79 bits per heavy atom. The minimum Gasteiger partial charge on any atom is -0.337 e. The molecule has 3 aromatic rings. The Bertz CT molecular complexity index is 1120. The average molecular weight is 449 g/mol. The molecule has 8 nitrogen and oxygen atoms in total. The van der Waals surface area contributed by atoms with E-state index in [0.717, 1.165) is 18.7 Å². The fraction of sp³-hybridized carbons (Fsp3) is 0.520. The lowest BCUT2D eigenvalue weighted by Crippen LogP contribution is -2.49. The van der Waals surface area contributed by atoms with Crippen molar-refractivity contribution in [1.29, 1.82) is 0 Å². The summed E-state index contributed by atoms with van der Waals surface area (Å²) in [6.07, 6.45) is 2.38. The smallest absolute Gasteiger partial charge is 0.274 e. The van der Waals surface area contributed by atoms with E-state index in [1.807, 2.05) is 41.3 Å². The topological polar surface area (TPSA) is 80.3 Å². The number of hydrogen-bond donors (Lipinski definition) is 0. The van der Waals surface area contributed by atoms with Crippen LogP contribution in [-0.4, -0.2) is 61.8 Å². The van der Waals surface area contributed by atoms with Gasteiger partial charge < -0.3 is 9.42 Å². The molecule has 2 fully saturated rings. The van der Waals surface area contributed by atoms with Crippen molar-refractivity contribution in [3.63, 3.8) is 0 Å². The van der Waals surface area contributed by atoms with Crippen LogP contribution in [0.25, 0.3) is 11.4 Å². The van der Waals surface area contributed by atoms with Crippen LogP contribution in [0.15, 0.2) is 40.9 Å². The number of carbonyl (C=O) groups excluding carboxylic acids is 1. The molecule has 33 heavy (non-hydrogen) atoms. The first-order chi connectivity index (χ1) is 15.8. The fourth-order valence-corrected chi connectivity index (χ4v) is 4.45. The number of rotatable bonds is 5. The lowest BCUT2D eigenvalue weighted by molar-refractivity contribution is 0.0545. The molecule has 0 spiro atoms. The quantitative estimate of drug-likeness (QED) is 0.585. The standard InChI is InChI=1S/C25H32N6O2/c1-17(23-26-22(28-33-23)19-8-6-5-7-9-19)29-12-14-30(15-13-29)24(32)20-16-21(18-10-11-18)31(27-20)25(2,3)4/h5-9,16-18H,10-15H2,1-4H3. The zero-order valence-electron chi connectivity index (χ0n) is 19.9. The lowest BCUT2D eigenvalue weighted by Gasteiger charge is -2.36. The van der Waals surface area contributed by atoms with Gasteiger partial charge in [0.1, 0.15) is 0 Å². The zero-order chi connectivity index (χ0) is 23.2. The van der Waals surface area contributed by atoms with Crippen molar-refractivity contribution in [3.05, 3.63) is 53.7 Å². The van der Waals surface area contributed by atoms with Crippen LogP contribution in [0.2, 0.25) is 0 Å². The number of hydrogen-bond acceptors (Lipinski definition) is 6. The molecule has 5 rings (SSSR count). The van der Waals surface area contributed by atoms with E-state index in [1.54, 1.807) is 0 Å². The molecule has 0 N–H and O–H groups in total. The van der Waals surface area contributed by atoms with Gasteiger partial charge in [-0.2, -0.15) is 10.1 Å². The minimum absolute atomic E-state index is 0.00576. The molecule has 1 amide bonds. The summed E-state index contributed by atoms with van der Waals surface area (Å²) in [6.45, 7) is 11.3. The summed E-state index contributed by atoms with van der Waals surface area (Å²) in [5.41, 5.74) is 2.57. The molecule has 2 aliphatic rings. The highest BCUT2D eigenvalue weighted by atomic mass is 16.5. The molecule has 1 atom stereocenters. The molecule has 1 aliphatic carbocycles. The first kappa shape index (κ1) is 21.8. The molecule has 3 heterocycles. The monoisotopic (exact) mass is 448 g/mol. The van der Waals surface area contributed by atoms with Gasteiger partial charge in [0.05, 0.1) is 11.6 Å². The van der Waals surface area contributed by atoms with E-state index in [4.69, 9.17) is 9.62 Å². The minimum atomic E-state index is -0.132. The summed E-state index contributed by atoms with van der Waals surface area (Å²) >= 11 is 0. The van der Waals surface area contributed by atoms with Crippen LogP contribution in [0, 0.1) is 0 Å². The third kappa shape index (κ3) is 4.44. The second kappa shape index (κ2) is 8.41.